The first-order chi connectivity index (χ1) is 13.9. The predicted octanol–water partition coefficient (Wildman–Crippen LogP) is 4.57. The molecule has 0 bridgehead atoms. The van der Waals surface area contributed by atoms with Crippen LogP contribution in [0.1, 0.15) is 74.3 Å². The van der Waals surface area contributed by atoms with E-state index in [1.54, 1.807) is 0 Å². The molecule has 0 saturated carbocycles. The predicted molar refractivity (Wildman–Crippen MR) is 117 cm³/mol. The molecular formula is C24H31N5. The maximum atomic E-state index is 5.07. The molecule has 152 valence electrons. The van der Waals surface area contributed by atoms with Crippen molar-refractivity contribution in [1.29, 1.82) is 0 Å². The molecule has 3 heterocycles. The average Bonchev–Trinajstić information content (AvgIpc) is 2.89. The minimum atomic E-state index is 0.0203. The molecule has 0 radical (unpaired) electrons. The van der Waals surface area contributed by atoms with Gasteiger partial charge in [-0.05, 0) is 87.9 Å². The lowest BCUT2D eigenvalue weighted by Crippen LogP contribution is -2.33. The van der Waals surface area contributed by atoms with Crippen molar-refractivity contribution in [2.45, 2.75) is 71.9 Å². The summed E-state index contributed by atoms with van der Waals surface area (Å²) >= 11 is 0. The van der Waals surface area contributed by atoms with Crippen LogP contribution in [0.15, 0.2) is 24.5 Å². The van der Waals surface area contributed by atoms with Crippen LogP contribution in [-0.4, -0.2) is 32.1 Å². The molecule has 5 rings (SSSR count). The van der Waals surface area contributed by atoms with E-state index in [9.17, 15) is 0 Å². The molecule has 1 aromatic carbocycles. The van der Waals surface area contributed by atoms with Crippen LogP contribution in [-0.2, 0) is 31.2 Å². The van der Waals surface area contributed by atoms with Crippen LogP contribution in [0, 0.1) is 0 Å². The molecule has 2 aromatic heterocycles. The lowest BCUT2D eigenvalue weighted by atomic mass is 9.92. The maximum Gasteiger partial charge on any atom is 0.0894 e. The van der Waals surface area contributed by atoms with Gasteiger partial charge >= 0.3 is 0 Å². The molecule has 5 nitrogen and oxygen atoms in total. The molecule has 1 unspecified atom stereocenters. The summed E-state index contributed by atoms with van der Waals surface area (Å²) in [5.41, 5.74) is 9.71. The third-order valence-corrected chi connectivity index (χ3v) is 6.73. The van der Waals surface area contributed by atoms with Crippen LogP contribution in [0.25, 0.3) is 11.0 Å². The third-order valence-electron chi connectivity index (χ3n) is 6.73. The Labute approximate surface area is 173 Å². The highest BCUT2D eigenvalue weighted by Gasteiger charge is 2.40. The van der Waals surface area contributed by atoms with Gasteiger partial charge in [0.25, 0.3) is 0 Å². The summed E-state index contributed by atoms with van der Waals surface area (Å²) in [5, 5.41) is 8.11. The monoisotopic (exact) mass is 389 g/mol. The Morgan fingerprint density at radius 3 is 1.93 bits per heavy atom. The van der Waals surface area contributed by atoms with E-state index < -0.39 is 0 Å². The lowest BCUT2D eigenvalue weighted by Gasteiger charge is -2.31. The smallest absolute Gasteiger partial charge is 0.0894 e. The van der Waals surface area contributed by atoms with Crippen LogP contribution in [0.2, 0.25) is 0 Å². The molecule has 2 aliphatic rings. The van der Waals surface area contributed by atoms with E-state index in [1.165, 1.54) is 22.3 Å². The number of hydrogen-bond acceptors (Lipinski definition) is 5. The number of rotatable bonds is 0. The maximum absolute atomic E-state index is 5.07. The van der Waals surface area contributed by atoms with Gasteiger partial charge in [0, 0.05) is 11.6 Å². The van der Waals surface area contributed by atoms with Crippen molar-refractivity contribution in [1.82, 2.24) is 25.1 Å². The quantitative estimate of drug-likeness (QED) is 0.564. The fourth-order valence-corrected chi connectivity index (χ4v) is 4.68. The topological polar surface area (TPSA) is 54.8 Å². The Morgan fingerprint density at radius 1 is 0.862 bits per heavy atom. The van der Waals surface area contributed by atoms with E-state index in [2.05, 4.69) is 55.0 Å². The van der Waals surface area contributed by atoms with Gasteiger partial charge in [-0.2, -0.15) is 10.2 Å². The van der Waals surface area contributed by atoms with Crippen molar-refractivity contribution in [2.75, 3.05) is 7.05 Å². The summed E-state index contributed by atoms with van der Waals surface area (Å²) in [5.74, 6) is 0. The van der Waals surface area contributed by atoms with Gasteiger partial charge in [0.15, 0.2) is 0 Å². The van der Waals surface area contributed by atoms with Gasteiger partial charge in [0.1, 0.15) is 0 Å². The van der Waals surface area contributed by atoms with Crippen molar-refractivity contribution >= 4 is 11.0 Å². The Kier molecular flexibility index (Phi) is 5.11. The van der Waals surface area contributed by atoms with Crippen LogP contribution in [0.4, 0.5) is 0 Å². The largest absolute Gasteiger partial charge is 0.290 e. The number of aromatic nitrogens is 4. The van der Waals surface area contributed by atoms with Gasteiger partial charge in [0.05, 0.1) is 34.8 Å². The summed E-state index contributed by atoms with van der Waals surface area (Å²) in [6.45, 7) is 10.9. The lowest BCUT2D eigenvalue weighted by molar-refractivity contribution is 0.141. The Bertz CT molecular complexity index is 1060. The van der Waals surface area contributed by atoms with E-state index in [-0.39, 0.29) is 5.54 Å². The van der Waals surface area contributed by atoms with Gasteiger partial charge in [0.2, 0.25) is 0 Å². The average molecular weight is 390 g/mol. The van der Waals surface area contributed by atoms with Crippen molar-refractivity contribution in [3.63, 3.8) is 0 Å². The summed E-state index contributed by atoms with van der Waals surface area (Å²) < 4.78 is 0. The molecule has 0 saturated heterocycles. The SMILES string of the molecule is CC.CC1c2cc3nc4c(nc3cc2C(C)(C)N1C)CCc1cnncc1CC4. The molecule has 0 amide bonds. The molecule has 0 fully saturated rings. The number of benzene rings is 1. The molecule has 5 heteroatoms. The van der Waals surface area contributed by atoms with Crippen LogP contribution in [0.5, 0.6) is 0 Å². The molecule has 0 N–H and O–H groups in total. The molecule has 1 aliphatic heterocycles. The second-order valence-corrected chi connectivity index (χ2v) is 8.43. The first-order valence-corrected chi connectivity index (χ1v) is 10.8. The first-order valence-electron chi connectivity index (χ1n) is 10.8. The summed E-state index contributed by atoms with van der Waals surface area (Å²) in [7, 11) is 2.20. The van der Waals surface area contributed by atoms with Gasteiger partial charge in [-0.3, -0.25) is 4.90 Å². The zero-order chi connectivity index (χ0) is 20.8. The van der Waals surface area contributed by atoms with Crippen LogP contribution in [0.3, 0.4) is 0 Å². The van der Waals surface area contributed by atoms with E-state index in [0.717, 1.165) is 48.1 Å². The zero-order valence-corrected chi connectivity index (χ0v) is 18.5. The Balaban J connectivity index is 0.000000994. The highest BCUT2D eigenvalue weighted by Crippen LogP contribution is 2.45. The highest BCUT2D eigenvalue weighted by molar-refractivity contribution is 5.78. The van der Waals surface area contributed by atoms with E-state index in [0.29, 0.717) is 6.04 Å². The number of fused-ring (bicyclic) bond motifs is 4. The number of nitrogens with zero attached hydrogens (tertiary/aromatic N) is 5. The minimum absolute atomic E-state index is 0.0203. The minimum Gasteiger partial charge on any atom is -0.290 e. The highest BCUT2D eigenvalue weighted by atomic mass is 15.2. The third kappa shape index (κ3) is 3.21. The zero-order valence-electron chi connectivity index (χ0n) is 18.5. The van der Waals surface area contributed by atoms with E-state index in [1.807, 2.05) is 26.2 Å². The van der Waals surface area contributed by atoms with Crippen molar-refractivity contribution < 1.29 is 0 Å². The second-order valence-electron chi connectivity index (χ2n) is 8.43. The first kappa shape index (κ1) is 19.9. The van der Waals surface area contributed by atoms with Gasteiger partial charge in [-0.25, -0.2) is 9.97 Å². The molecule has 1 aliphatic carbocycles. The van der Waals surface area contributed by atoms with Crippen molar-refractivity contribution in [3.05, 3.63) is 58.2 Å². The van der Waals surface area contributed by atoms with Gasteiger partial charge in [-0.15, -0.1) is 0 Å². The molecular weight excluding hydrogens is 358 g/mol. The fraction of sp³-hybridized carbons (Fsp3) is 0.500. The number of aryl methyl sites for hydroxylation is 4. The molecule has 3 aromatic rings. The standard InChI is InChI=1S/C22H25N5.C2H6/c1-13-16-9-20-21(10-17(16)22(2,3)27(13)4)26-19-8-6-15-12-24-23-11-14(15)5-7-18(19)25-20;1-2/h9-13H,5-8H2,1-4H3;1-2H3. The van der Waals surface area contributed by atoms with Crippen LogP contribution < -0.4 is 0 Å². The molecule has 29 heavy (non-hydrogen) atoms. The van der Waals surface area contributed by atoms with Crippen LogP contribution >= 0.6 is 0 Å². The van der Waals surface area contributed by atoms with E-state index in [4.69, 9.17) is 9.97 Å². The van der Waals surface area contributed by atoms with E-state index >= 15 is 0 Å². The van der Waals surface area contributed by atoms with Crippen molar-refractivity contribution in [3.8, 4) is 0 Å². The number of hydrogen-bond donors (Lipinski definition) is 0. The summed E-state index contributed by atoms with van der Waals surface area (Å²) in [6, 6.07) is 4.94. The summed E-state index contributed by atoms with van der Waals surface area (Å²) in [6.07, 6.45) is 7.54. The molecule has 0 spiro atoms. The molecule has 1 atom stereocenters. The Morgan fingerprint density at radius 2 is 1.38 bits per heavy atom. The fourth-order valence-electron chi connectivity index (χ4n) is 4.68. The Hall–Kier alpha value is -2.40. The van der Waals surface area contributed by atoms with Gasteiger partial charge in [-0.1, -0.05) is 13.8 Å². The summed E-state index contributed by atoms with van der Waals surface area (Å²) in [4.78, 5) is 12.6. The van der Waals surface area contributed by atoms with Crippen molar-refractivity contribution in [2.24, 2.45) is 0 Å². The second kappa shape index (κ2) is 7.45. The van der Waals surface area contributed by atoms with Gasteiger partial charge < -0.3 is 0 Å². The normalized spacial score (nSPS) is 20.0.